The smallest absolute Gasteiger partial charge is 0.251 e. The number of hydrogen-bond donors (Lipinski definition) is 7. The van der Waals surface area contributed by atoms with E-state index in [1.807, 2.05) is 6.92 Å². The van der Waals surface area contributed by atoms with Gasteiger partial charge in [0.2, 0.25) is 5.91 Å². The van der Waals surface area contributed by atoms with Crippen LogP contribution in [-0.4, -0.2) is 155 Å². The standard InChI is InChI=1S/C37H65N3O13/c1-6-22-16-23(24(43)13-10-14-38)17-25(33(22)53-37-32(47)31(46)29(44)19(2)49-37)51-36-28(39-20(3)42)34(30(45)27(18-41)52-36)50-26(35(48)40(4)5)15-21-11-8-7-9-12-21/h19,21-23,25-34,36-37,41,44-47H,6-18,38H2,1-5H3,(H,39,42)/t19-,22?,23?,25+,26-,27-,28?,29-,30-,31?,32-,33+,34?,36+,37?/m0/s1. The summed E-state index contributed by atoms with van der Waals surface area (Å²) in [6.45, 7) is 4.48. The van der Waals surface area contributed by atoms with Gasteiger partial charge in [-0.3, -0.25) is 14.4 Å². The first-order valence-corrected chi connectivity index (χ1v) is 19.5. The third kappa shape index (κ3) is 11.2. The van der Waals surface area contributed by atoms with Gasteiger partial charge in [-0.2, -0.15) is 0 Å². The van der Waals surface area contributed by atoms with Crippen LogP contribution in [0.2, 0.25) is 0 Å². The lowest BCUT2D eigenvalue weighted by molar-refractivity contribution is -0.338. The number of nitrogens with two attached hydrogens (primary N) is 1. The molecule has 0 aromatic heterocycles. The Bertz CT molecular complexity index is 1170. The summed E-state index contributed by atoms with van der Waals surface area (Å²) in [6, 6.07) is -1.17. The van der Waals surface area contributed by atoms with E-state index in [1.54, 1.807) is 21.0 Å². The van der Waals surface area contributed by atoms with E-state index in [4.69, 9.17) is 29.4 Å². The van der Waals surface area contributed by atoms with Crippen LogP contribution in [0.5, 0.6) is 0 Å². The van der Waals surface area contributed by atoms with Crippen molar-refractivity contribution in [2.24, 2.45) is 23.5 Å². The van der Waals surface area contributed by atoms with E-state index in [1.165, 1.54) is 11.8 Å². The molecule has 16 nitrogen and oxygen atoms in total. The van der Waals surface area contributed by atoms with Crippen LogP contribution in [-0.2, 0) is 38.1 Å². The molecule has 0 spiro atoms. The Morgan fingerprint density at radius 2 is 1.62 bits per heavy atom. The Kier molecular flexibility index (Phi) is 16.9. The molecule has 0 aromatic rings. The van der Waals surface area contributed by atoms with E-state index in [-0.39, 0.29) is 36.4 Å². The molecule has 4 fully saturated rings. The Balaban J connectivity index is 1.69. The number of rotatable bonds is 16. The van der Waals surface area contributed by atoms with Crippen molar-refractivity contribution >= 4 is 17.6 Å². The first-order chi connectivity index (χ1) is 25.2. The molecule has 16 heteroatoms. The summed E-state index contributed by atoms with van der Waals surface area (Å²) in [7, 11) is 3.25. The van der Waals surface area contributed by atoms with Gasteiger partial charge in [-0.25, -0.2) is 0 Å². The summed E-state index contributed by atoms with van der Waals surface area (Å²) in [5.41, 5.74) is 5.71. The number of ether oxygens (including phenoxy) is 5. The van der Waals surface area contributed by atoms with Gasteiger partial charge in [0.05, 0.1) is 24.9 Å². The molecule has 53 heavy (non-hydrogen) atoms. The minimum atomic E-state index is -1.59. The minimum Gasteiger partial charge on any atom is -0.394 e. The van der Waals surface area contributed by atoms with Crippen LogP contribution in [0.1, 0.15) is 91.4 Å². The van der Waals surface area contributed by atoms with Crippen molar-refractivity contribution in [1.82, 2.24) is 10.2 Å². The highest BCUT2D eigenvalue weighted by molar-refractivity contribution is 5.81. The maximum absolute atomic E-state index is 13.5. The lowest BCUT2D eigenvalue weighted by atomic mass is 9.74. The number of likely N-dealkylation sites (N-methyl/N-ethyl adjacent to an activating group) is 1. The predicted molar refractivity (Wildman–Crippen MR) is 190 cm³/mol. The number of aliphatic hydroxyl groups is 5. The third-order valence-corrected chi connectivity index (χ3v) is 11.5. The summed E-state index contributed by atoms with van der Waals surface area (Å²) in [5.74, 6) is -1.31. The number of hydrogen-bond acceptors (Lipinski definition) is 14. The molecule has 6 unspecified atom stereocenters. The van der Waals surface area contributed by atoms with Crippen molar-refractivity contribution in [3.05, 3.63) is 0 Å². The Labute approximate surface area is 313 Å². The number of ketones is 1. The molecule has 4 rings (SSSR count). The number of carbonyl (C=O) groups is 3. The molecule has 2 aliphatic carbocycles. The summed E-state index contributed by atoms with van der Waals surface area (Å²) in [6.07, 6.45) is -7.29. The second-order valence-electron chi connectivity index (χ2n) is 15.7. The van der Waals surface area contributed by atoms with Gasteiger partial charge < -0.3 is 65.2 Å². The molecular weight excluding hydrogens is 694 g/mol. The van der Waals surface area contributed by atoms with Crippen LogP contribution in [0.3, 0.4) is 0 Å². The molecule has 4 aliphatic rings. The molecule has 2 amide bonds. The van der Waals surface area contributed by atoms with E-state index >= 15 is 0 Å². The zero-order valence-corrected chi connectivity index (χ0v) is 32.0. The summed E-state index contributed by atoms with van der Waals surface area (Å²) < 4.78 is 31.6. The van der Waals surface area contributed by atoms with E-state index < -0.39 is 98.1 Å². The van der Waals surface area contributed by atoms with Gasteiger partial charge in [0.25, 0.3) is 5.91 Å². The Morgan fingerprint density at radius 1 is 0.925 bits per heavy atom. The van der Waals surface area contributed by atoms with Crippen molar-refractivity contribution < 1.29 is 63.6 Å². The topological polar surface area (TPSA) is 240 Å². The van der Waals surface area contributed by atoms with Gasteiger partial charge in [0.15, 0.2) is 12.6 Å². The predicted octanol–water partition coefficient (Wildman–Crippen LogP) is -0.276. The number of nitrogens with one attached hydrogen (secondary N) is 1. The van der Waals surface area contributed by atoms with Crippen LogP contribution in [0, 0.1) is 17.8 Å². The molecule has 306 valence electrons. The molecule has 2 saturated carbocycles. The third-order valence-electron chi connectivity index (χ3n) is 11.5. The van der Waals surface area contributed by atoms with Crippen molar-refractivity contribution in [2.75, 3.05) is 27.2 Å². The molecule has 0 aromatic carbocycles. The Hall–Kier alpha value is -1.83. The number of aliphatic hydroxyl groups excluding tert-OH is 5. The highest BCUT2D eigenvalue weighted by Gasteiger charge is 2.52. The van der Waals surface area contributed by atoms with E-state index in [0.717, 1.165) is 32.1 Å². The SMILES string of the molecule is CCC1CC(C(=O)CCCN)C[C@@H](O[C@@H]2O[C@@H](CO)[C@H](O)C(O[C@@H](CC3CCCCC3)C(=O)N(C)C)C2NC(C)=O)[C@@H]1OC1O[C@@H](C)[C@H](O)C(O)[C@@H]1O. The fourth-order valence-corrected chi connectivity index (χ4v) is 8.39. The van der Waals surface area contributed by atoms with Gasteiger partial charge in [-0.1, -0.05) is 45.4 Å². The molecular formula is C37H65N3O13. The lowest BCUT2D eigenvalue weighted by Gasteiger charge is -2.49. The van der Waals surface area contributed by atoms with Gasteiger partial charge in [-0.05, 0) is 51.0 Å². The van der Waals surface area contributed by atoms with Crippen molar-refractivity contribution in [2.45, 2.75) is 171 Å². The molecule has 8 N–H and O–H groups in total. The van der Waals surface area contributed by atoms with Crippen LogP contribution >= 0.6 is 0 Å². The van der Waals surface area contributed by atoms with Crippen molar-refractivity contribution in [3.8, 4) is 0 Å². The summed E-state index contributed by atoms with van der Waals surface area (Å²) in [4.78, 5) is 41.2. The molecule has 2 aliphatic heterocycles. The summed E-state index contributed by atoms with van der Waals surface area (Å²) in [5, 5.41) is 56.5. The van der Waals surface area contributed by atoms with E-state index in [9.17, 15) is 39.9 Å². The quantitative estimate of drug-likeness (QED) is 0.107. The monoisotopic (exact) mass is 759 g/mol. The average Bonchev–Trinajstić information content (AvgIpc) is 3.14. The molecule has 15 atom stereocenters. The van der Waals surface area contributed by atoms with Crippen molar-refractivity contribution in [3.63, 3.8) is 0 Å². The number of amides is 2. The average molecular weight is 760 g/mol. The zero-order chi connectivity index (χ0) is 39.0. The maximum atomic E-state index is 13.5. The first kappa shape index (κ1) is 43.9. The first-order valence-electron chi connectivity index (χ1n) is 19.5. The highest BCUT2D eigenvalue weighted by Crippen LogP contribution is 2.40. The second kappa shape index (κ2) is 20.4. The zero-order valence-electron chi connectivity index (χ0n) is 32.0. The maximum Gasteiger partial charge on any atom is 0.251 e. The fraction of sp³-hybridized carbons (Fsp3) is 0.919. The van der Waals surface area contributed by atoms with Crippen LogP contribution in [0.15, 0.2) is 0 Å². The molecule has 2 saturated heterocycles. The van der Waals surface area contributed by atoms with Gasteiger partial charge in [0.1, 0.15) is 54.6 Å². The van der Waals surface area contributed by atoms with Gasteiger partial charge >= 0.3 is 0 Å². The molecule has 0 radical (unpaired) electrons. The summed E-state index contributed by atoms with van der Waals surface area (Å²) >= 11 is 0. The number of Topliss-reactive ketones (excluding diaryl/α,β-unsaturated/α-hetero) is 1. The molecule has 0 bridgehead atoms. The highest BCUT2D eigenvalue weighted by atomic mass is 16.7. The Morgan fingerprint density at radius 3 is 2.23 bits per heavy atom. The second-order valence-corrected chi connectivity index (χ2v) is 15.7. The minimum absolute atomic E-state index is 0.00246. The normalized spacial score (nSPS) is 38.9. The number of carbonyl (C=O) groups excluding carboxylic acids is 3. The van der Waals surface area contributed by atoms with Gasteiger partial charge in [0, 0.05) is 33.4 Å². The van der Waals surface area contributed by atoms with Crippen LogP contribution in [0.4, 0.5) is 0 Å². The lowest BCUT2D eigenvalue weighted by Crippen LogP contribution is -2.67. The van der Waals surface area contributed by atoms with E-state index in [0.29, 0.717) is 32.2 Å². The van der Waals surface area contributed by atoms with E-state index in [2.05, 4.69) is 5.32 Å². The number of nitrogens with zero attached hydrogens (tertiary/aromatic N) is 1. The molecule has 2 heterocycles. The fourth-order valence-electron chi connectivity index (χ4n) is 8.39. The van der Waals surface area contributed by atoms with Crippen molar-refractivity contribution in [1.29, 1.82) is 0 Å². The van der Waals surface area contributed by atoms with Gasteiger partial charge in [-0.15, -0.1) is 0 Å². The largest absolute Gasteiger partial charge is 0.394 e. The van der Waals surface area contributed by atoms with Crippen LogP contribution < -0.4 is 11.1 Å². The van der Waals surface area contributed by atoms with Crippen LogP contribution in [0.25, 0.3) is 0 Å².